The Bertz CT molecular complexity index is 538. The summed E-state index contributed by atoms with van der Waals surface area (Å²) in [4.78, 5) is 37.0. The molecule has 114 valence electrons. The fourth-order valence-corrected chi connectivity index (χ4v) is 1.53. The van der Waals surface area contributed by atoms with Crippen LogP contribution in [0.15, 0.2) is 24.3 Å². The number of ether oxygens (including phenoxy) is 1. The third-order valence-electron chi connectivity index (χ3n) is 2.79. The molecule has 0 atom stereocenters. The number of nitrogens with zero attached hydrogens (tertiary/aromatic N) is 1. The number of nitro groups is 1. The van der Waals surface area contributed by atoms with E-state index in [0.29, 0.717) is 5.56 Å². The molecule has 0 radical (unpaired) electrons. The summed E-state index contributed by atoms with van der Waals surface area (Å²) in [5.74, 6) is 3.42. The monoisotopic (exact) mass is 296 g/mol. The van der Waals surface area contributed by atoms with Crippen molar-refractivity contribution >= 4 is 17.6 Å². The Morgan fingerprint density at radius 2 is 1.86 bits per heavy atom. The Kier molecular flexibility index (Phi) is 5.37. The van der Waals surface area contributed by atoms with Crippen LogP contribution in [0.4, 0.5) is 5.69 Å². The number of carbonyl (C=O) groups excluding carboxylic acids is 2. The Hall–Kier alpha value is -2.48. The van der Waals surface area contributed by atoms with Crippen LogP contribution in [0.3, 0.4) is 0 Å². The highest BCUT2D eigenvalue weighted by molar-refractivity contribution is 5.82. The molecule has 1 aromatic rings. The third-order valence-corrected chi connectivity index (χ3v) is 2.79. The normalized spacial score (nSPS) is 10.8. The van der Waals surface area contributed by atoms with E-state index < -0.39 is 22.3 Å². The average molecular weight is 296 g/mol. The minimum Gasteiger partial charge on any atom is -0.460 e. The van der Waals surface area contributed by atoms with Gasteiger partial charge in [0.2, 0.25) is 0 Å². The molecule has 0 aromatic heterocycles. The fraction of sp³-hybridized carbons (Fsp3) is 0.385. The zero-order valence-electron chi connectivity index (χ0n) is 11.7. The van der Waals surface area contributed by atoms with Gasteiger partial charge in [0.25, 0.3) is 5.69 Å². The van der Waals surface area contributed by atoms with Crippen LogP contribution in [0.2, 0.25) is 0 Å². The first-order chi connectivity index (χ1) is 9.76. The van der Waals surface area contributed by atoms with Crippen LogP contribution in [0.5, 0.6) is 0 Å². The van der Waals surface area contributed by atoms with E-state index in [1.165, 1.54) is 38.1 Å². The average Bonchev–Trinajstić information content (AvgIpc) is 2.44. The van der Waals surface area contributed by atoms with Crippen molar-refractivity contribution in [2.45, 2.75) is 26.9 Å². The highest BCUT2D eigenvalue weighted by atomic mass is 16.7. The van der Waals surface area contributed by atoms with Crippen molar-refractivity contribution < 1.29 is 24.1 Å². The van der Waals surface area contributed by atoms with E-state index in [-0.39, 0.29) is 18.7 Å². The zero-order chi connectivity index (χ0) is 16.0. The number of rotatable bonds is 6. The molecule has 0 aliphatic rings. The molecular weight excluding hydrogens is 280 g/mol. The number of nitrogens with two attached hydrogens (primary N) is 1. The van der Waals surface area contributed by atoms with Gasteiger partial charge in [0.1, 0.15) is 6.61 Å². The van der Waals surface area contributed by atoms with Gasteiger partial charge in [0.05, 0.1) is 16.8 Å². The lowest BCUT2D eigenvalue weighted by molar-refractivity contribution is -0.384. The molecule has 1 aromatic carbocycles. The first-order valence-corrected chi connectivity index (χ1v) is 6.06. The molecule has 0 fully saturated rings. The lowest BCUT2D eigenvalue weighted by Crippen LogP contribution is -2.30. The van der Waals surface area contributed by atoms with Crippen LogP contribution < -0.4 is 5.90 Å². The van der Waals surface area contributed by atoms with Crippen LogP contribution in [0, 0.1) is 15.5 Å². The summed E-state index contributed by atoms with van der Waals surface area (Å²) < 4.78 is 5.08. The first-order valence-electron chi connectivity index (χ1n) is 6.06. The molecule has 1 rings (SSSR count). The van der Waals surface area contributed by atoms with Gasteiger partial charge in [-0.1, -0.05) is 0 Å². The molecule has 0 amide bonds. The van der Waals surface area contributed by atoms with E-state index in [1.807, 2.05) is 0 Å². The summed E-state index contributed by atoms with van der Waals surface area (Å²) in [7, 11) is 0. The third kappa shape index (κ3) is 4.84. The SMILES string of the molecule is CC(C)(CC(=O)ON)C(=O)OCc1ccc([N+](=O)[O-])cc1. The Morgan fingerprint density at radius 3 is 2.33 bits per heavy atom. The predicted molar refractivity (Wildman–Crippen MR) is 71.6 cm³/mol. The molecule has 0 heterocycles. The molecule has 0 aliphatic heterocycles. The maximum Gasteiger partial charge on any atom is 0.325 e. The fourth-order valence-electron chi connectivity index (χ4n) is 1.53. The van der Waals surface area contributed by atoms with Gasteiger partial charge >= 0.3 is 11.9 Å². The number of hydrogen-bond donors (Lipinski definition) is 1. The quantitative estimate of drug-likeness (QED) is 0.479. The summed E-state index contributed by atoms with van der Waals surface area (Å²) in [6, 6.07) is 5.62. The summed E-state index contributed by atoms with van der Waals surface area (Å²) >= 11 is 0. The van der Waals surface area contributed by atoms with Crippen LogP contribution in [-0.4, -0.2) is 16.9 Å². The lowest BCUT2D eigenvalue weighted by atomic mass is 9.89. The van der Waals surface area contributed by atoms with E-state index in [4.69, 9.17) is 10.6 Å². The molecule has 0 unspecified atom stereocenters. The van der Waals surface area contributed by atoms with Crippen LogP contribution in [-0.2, 0) is 25.8 Å². The second-order valence-electron chi connectivity index (χ2n) is 5.05. The van der Waals surface area contributed by atoms with Gasteiger partial charge in [0, 0.05) is 12.1 Å². The van der Waals surface area contributed by atoms with Crippen molar-refractivity contribution in [3.8, 4) is 0 Å². The van der Waals surface area contributed by atoms with Crippen molar-refractivity contribution in [3.05, 3.63) is 39.9 Å². The highest BCUT2D eigenvalue weighted by Gasteiger charge is 2.33. The molecule has 0 aliphatic carbocycles. The molecular formula is C13H16N2O6. The van der Waals surface area contributed by atoms with E-state index in [2.05, 4.69) is 4.84 Å². The molecule has 0 saturated carbocycles. The first kappa shape index (κ1) is 16.6. The Labute approximate surface area is 120 Å². The van der Waals surface area contributed by atoms with Crippen LogP contribution in [0.25, 0.3) is 0 Å². The minimum absolute atomic E-state index is 0.0437. The second-order valence-corrected chi connectivity index (χ2v) is 5.05. The maximum atomic E-state index is 11.9. The topological polar surface area (TPSA) is 122 Å². The maximum absolute atomic E-state index is 11.9. The van der Waals surface area contributed by atoms with Gasteiger partial charge in [0.15, 0.2) is 0 Å². The number of carbonyl (C=O) groups is 2. The van der Waals surface area contributed by atoms with Gasteiger partial charge in [-0.2, -0.15) is 5.90 Å². The molecule has 0 saturated heterocycles. The molecule has 0 spiro atoms. The second kappa shape index (κ2) is 6.80. The Balaban J connectivity index is 2.59. The van der Waals surface area contributed by atoms with E-state index in [9.17, 15) is 19.7 Å². The molecule has 0 bridgehead atoms. The number of esters is 1. The van der Waals surface area contributed by atoms with Crippen molar-refractivity contribution in [2.75, 3.05) is 0 Å². The van der Waals surface area contributed by atoms with Gasteiger partial charge in [-0.3, -0.25) is 19.7 Å². The van der Waals surface area contributed by atoms with Crippen molar-refractivity contribution in [3.63, 3.8) is 0 Å². The molecule has 2 N–H and O–H groups in total. The van der Waals surface area contributed by atoms with Crippen molar-refractivity contribution in [1.29, 1.82) is 0 Å². The summed E-state index contributed by atoms with van der Waals surface area (Å²) in [5.41, 5.74) is -0.515. The van der Waals surface area contributed by atoms with Gasteiger partial charge in [-0.15, -0.1) is 0 Å². The van der Waals surface area contributed by atoms with E-state index >= 15 is 0 Å². The predicted octanol–water partition coefficient (Wildman–Crippen LogP) is 1.47. The minimum atomic E-state index is -1.07. The van der Waals surface area contributed by atoms with Crippen LogP contribution >= 0.6 is 0 Å². The summed E-state index contributed by atoms with van der Waals surface area (Å²) in [6.45, 7) is 3.02. The lowest BCUT2D eigenvalue weighted by Gasteiger charge is -2.20. The molecule has 21 heavy (non-hydrogen) atoms. The van der Waals surface area contributed by atoms with Crippen molar-refractivity contribution in [1.82, 2.24) is 0 Å². The number of nitro benzene ring substituents is 1. The van der Waals surface area contributed by atoms with E-state index in [1.54, 1.807) is 0 Å². The summed E-state index contributed by atoms with van der Waals surface area (Å²) in [6.07, 6.45) is -0.206. The van der Waals surface area contributed by atoms with Crippen molar-refractivity contribution in [2.24, 2.45) is 11.3 Å². The van der Waals surface area contributed by atoms with Gasteiger partial charge in [-0.05, 0) is 31.5 Å². The summed E-state index contributed by atoms with van der Waals surface area (Å²) in [5, 5.41) is 10.5. The highest BCUT2D eigenvalue weighted by Crippen LogP contribution is 2.23. The number of hydrogen-bond acceptors (Lipinski definition) is 7. The largest absolute Gasteiger partial charge is 0.460 e. The standard InChI is InChI=1S/C13H16N2O6/c1-13(2,7-11(16)21-14)12(17)20-8-9-3-5-10(6-4-9)15(18)19/h3-6H,7-8,14H2,1-2H3. The van der Waals surface area contributed by atoms with Gasteiger partial charge in [-0.25, -0.2) is 0 Å². The smallest absolute Gasteiger partial charge is 0.325 e. The zero-order valence-corrected chi connectivity index (χ0v) is 11.7. The number of non-ortho nitro benzene ring substituents is 1. The number of benzene rings is 1. The Morgan fingerprint density at radius 1 is 1.29 bits per heavy atom. The van der Waals surface area contributed by atoms with E-state index in [0.717, 1.165) is 0 Å². The molecule has 8 nitrogen and oxygen atoms in total. The van der Waals surface area contributed by atoms with Crippen LogP contribution in [0.1, 0.15) is 25.8 Å². The van der Waals surface area contributed by atoms with Gasteiger partial charge < -0.3 is 9.57 Å². The molecule has 8 heteroatoms.